The summed E-state index contributed by atoms with van der Waals surface area (Å²) in [5, 5.41) is 3.48. The molecule has 3 heteroatoms. The van der Waals surface area contributed by atoms with Crippen LogP contribution in [0, 0.1) is 20.8 Å². The van der Waals surface area contributed by atoms with Crippen LogP contribution < -0.4 is 10.1 Å². The second-order valence-electron chi connectivity index (χ2n) is 5.04. The Kier molecular flexibility index (Phi) is 4.71. The van der Waals surface area contributed by atoms with E-state index in [1.54, 1.807) is 7.11 Å². The van der Waals surface area contributed by atoms with Crippen molar-refractivity contribution in [3.05, 3.63) is 57.1 Å². The Bertz CT molecular complexity index is 623. The summed E-state index contributed by atoms with van der Waals surface area (Å²) >= 11 is 3.61. The molecule has 0 bridgehead atoms. The third-order valence-electron chi connectivity index (χ3n) is 3.48. The van der Waals surface area contributed by atoms with Crippen molar-refractivity contribution in [1.29, 1.82) is 0 Å². The summed E-state index contributed by atoms with van der Waals surface area (Å²) in [6.45, 7) is 7.02. The van der Waals surface area contributed by atoms with Crippen LogP contribution in [0.25, 0.3) is 0 Å². The fourth-order valence-corrected chi connectivity index (χ4v) is 2.95. The van der Waals surface area contributed by atoms with Gasteiger partial charge in [-0.05, 0) is 49.6 Å². The van der Waals surface area contributed by atoms with Gasteiger partial charge in [0.15, 0.2) is 0 Å². The van der Waals surface area contributed by atoms with Gasteiger partial charge in [-0.25, -0.2) is 0 Å². The zero-order chi connectivity index (χ0) is 14.7. The van der Waals surface area contributed by atoms with Gasteiger partial charge in [0, 0.05) is 22.3 Å². The summed E-state index contributed by atoms with van der Waals surface area (Å²) < 4.78 is 6.60. The molecular weight excluding hydrogens is 314 g/mol. The zero-order valence-corrected chi connectivity index (χ0v) is 14.0. The highest BCUT2D eigenvalue weighted by Crippen LogP contribution is 2.30. The topological polar surface area (TPSA) is 21.3 Å². The lowest BCUT2D eigenvalue weighted by Crippen LogP contribution is -2.03. The minimum Gasteiger partial charge on any atom is -0.496 e. The lowest BCUT2D eigenvalue weighted by Gasteiger charge is -2.15. The molecule has 0 saturated heterocycles. The standard InChI is InChI=1S/C17H20BrNO/c1-11-5-7-14(15(18)9-11)10-19-16-8-6-12(2)17(20-4)13(16)3/h5-9,19H,10H2,1-4H3. The van der Waals surface area contributed by atoms with E-state index in [1.165, 1.54) is 11.1 Å². The highest BCUT2D eigenvalue weighted by molar-refractivity contribution is 9.10. The van der Waals surface area contributed by atoms with Crippen LogP contribution in [0.2, 0.25) is 0 Å². The van der Waals surface area contributed by atoms with E-state index in [9.17, 15) is 0 Å². The van der Waals surface area contributed by atoms with Crippen LogP contribution in [0.1, 0.15) is 22.3 Å². The summed E-state index contributed by atoms with van der Waals surface area (Å²) in [5.74, 6) is 0.956. The number of rotatable bonds is 4. The van der Waals surface area contributed by atoms with Crippen LogP contribution in [0.5, 0.6) is 5.75 Å². The predicted molar refractivity (Wildman–Crippen MR) is 88.7 cm³/mol. The van der Waals surface area contributed by atoms with Gasteiger partial charge in [0.1, 0.15) is 5.75 Å². The van der Waals surface area contributed by atoms with Crippen LogP contribution in [0.4, 0.5) is 5.69 Å². The second-order valence-corrected chi connectivity index (χ2v) is 5.89. The molecule has 0 unspecified atom stereocenters. The third-order valence-corrected chi connectivity index (χ3v) is 4.22. The molecule has 0 atom stereocenters. The first kappa shape index (κ1) is 14.9. The van der Waals surface area contributed by atoms with E-state index >= 15 is 0 Å². The first-order valence-corrected chi connectivity index (χ1v) is 7.45. The molecule has 0 amide bonds. The molecule has 20 heavy (non-hydrogen) atoms. The molecule has 2 nitrogen and oxygen atoms in total. The summed E-state index contributed by atoms with van der Waals surface area (Å²) in [6, 6.07) is 10.6. The number of anilines is 1. The molecule has 2 aromatic rings. The van der Waals surface area contributed by atoms with Gasteiger partial charge < -0.3 is 10.1 Å². The van der Waals surface area contributed by atoms with Crippen molar-refractivity contribution in [3.8, 4) is 5.75 Å². The number of halogens is 1. The minimum absolute atomic E-state index is 0.786. The number of hydrogen-bond acceptors (Lipinski definition) is 2. The van der Waals surface area contributed by atoms with Gasteiger partial charge in [-0.2, -0.15) is 0 Å². The van der Waals surface area contributed by atoms with E-state index in [1.807, 2.05) is 0 Å². The molecule has 0 spiro atoms. The van der Waals surface area contributed by atoms with Gasteiger partial charge in [-0.15, -0.1) is 0 Å². The van der Waals surface area contributed by atoms with E-state index in [0.29, 0.717) is 0 Å². The number of ether oxygens (including phenoxy) is 1. The number of methoxy groups -OCH3 is 1. The van der Waals surface area contributed by atoms with Crippen molar-refractivity contribution in [2.45, 2.75) is 27.3 Å². The maximum absolute atomic E-state index is 5.46. The van der Waals surface area contributed by atoms with Crippen LogP contribution in [-0.2, 0) is 6.54 Å². The van der Waals surface area contributed by atoms with Gasteiger partial charge >= 0.3 is 0 Å². The van der Waals surface area contributed by atoms with Gasteiger partial charge in [0.05, 0.1) is 7.11 Å². The smallest absolute Gasteiger partial charge is 0.126 e. The summed E-state index contributed by atoms with van der Waals surface area (Å²) in [5.41, 5.74) is 5.92. The lowest BCUT2D eigenvalue weighted by atomic mass is 10.1. The molecular formula is C17H20BrNO. The Morgan fingerprint density at radius 3 is 2.50 bits per heavy atom. The average molecular weight is 334 g/mol. The normalized spacial score (nSPS) is 10.4. The highest BCUT2D eigenvalue weighted by Gasteiger charge is 2.08. The fourth-order valence-electron chi connectivity index (χ4n) is 2.32. The van der Waals surface area contributed by atoms with Crippen LogP contribution in [0.15, 0.2) is 34.8 Å². The van der Waals surface area contributed by atoms with Gasteiger partial charge in [-0.1, -0.05) is 34.1 Å². The molecule has 2 rings (SSSR count). The van der Waals surface area contributed by atoms with Crippen LogP contribution >= 0.6 is 15.9 Å². The summed E-state index contributed by atoms with van der Waals surface area (Å²) in [6.07, 6.45) is 0. The number of aryl methyl sites for hydroxylation is 2. The Balaban J connectivity index is 2.19. The molecule has 0 aromatic heterocycles. The Labute approximate surface area is 129 Å². The molecule has 2 aromatic carbocycles. The highest BCUT2D eigenvalue weighted by atomic mass is 79.9. The molecule has 1 N–H and O–H groups in total. The van der Waals surface area contributed by atoms with Gasteiger partial charge in [0.25, 0.3) is 0 Å². The molecule has 106 valence electrons. The number of nitrogens with one attached hydrogen (secondary N) is 1. The van der Waals surface area contributed by atoms with E-state index in [-0.39, 0.29) is 0 Å². The van der Waals surface area contributed by atoms with Gasteiger partial charge in [0.2, 0.25) is 0 Å². The zero-order valence-electron chi connectivity index (χ0n) is 12.4. The lowest BCUT2D eigenvalue weighted by molar-refractivity contribution is 0.409. The van der Waals surface area contributed by atoms with Crippen LogP contribution in [0.3, 0.4) is 0 Å². The summed E-state index contributed by atoms with van der Waals surface area (Å²) in [7, 11) is 1.72. The second kappa shape index (κ2) is 6.31. The molecule has 0 radical (unpaired) electrons. The molecule has 0 heterocycles. The van der Waals surface area contributed by atoms with E-state index in [2.05, 4.69) is 72.3 Å². The van der Waals surface area contributed by atoms with Crippen molar-refractivity contribution in [3.63, 3.8) is 0 Å². The first-order valence-electron chi connectivity index (χ1n) is 6.66. The maximum atomic E-state index is 5.46. The van der Waals surface area contributed by atoms with Crippen molar-refractivity contribution < 1.29 is 4.74 Å². The molecule has 0 aliphatic rings. The van der Waals surface area contributed by atoms with E-state index in [0.717, 1.165) is 33.6 Å². The number of hydrogen-bond donors (Lipinski definition) is 1. The largest absolute Gasteiger partial charge is 0.496 e. The van der Waals surface area contributed by atoms with Gasteiger partial charge in [-0.3, -0.25) is 0 Å². The SMILES string of the molecule is COc1c(C)ccc(NCc2ccc(C)cc2Br)c1C. The van der Waals surface area contributed by atoms with Crippen molar-refractivity contribution in [2.24, 2.45) is 0 Å². The maximum Gasteiger partial charge on any atom is 0.126 e. The third kappa shape index (κ3) is 3.15. The molecule has 0 aliphatic carbocycles. The Morgan fingerprint density at radius 2 is 1.85 bits per heavy atom. The quantitative estimate of drug-likeness (QED) is 0.850. The molecule has 0 aliphatic heterocycles. The predicted octanol–water partition coefficient (Wildman–Crippen LogP) is 5.00. The van der Waals surface area contributed by atoms with E-state index in [4.69, 9.17) is 4.74 Å². The first-order chi connectivity index (χ1) is 9.52. The Hall–Kier alpha value is -1.48. The van der Waals surface area contributed by atoms with Crippen molar-refractivity contribution in [2.75, 3.05) is 12.4 Å². The minimum atomic E-state index is 0.786. The summed E-state index contributed by atoms with van der Waals surface area (Å²) in [4.78, 5) is 0. The molecule has 0 fully saturated rings. The Morgan fingerprint density at radius 1 is 1.10 bits per heavy atom. The van der Waals surface area contributed by atoms with E-state index < -0.39 is 0 Å². The molecule has 0 saturated carbocycles. The van der Waals surface area contributed by atoms with Crippen LogP contribution in [-0.4, -0.2) is 7.11 Å². The fraction of sp³-hybridized carbons (Fsp3) is 0.294. The van der Waals surface area contributed by atoms with Crippen molar-refractivity contribution in [1.82, 2.24) is 0 Å². The average Bonchev–Trinajstić information content (AvgIpc) is 2.40. The van der Waals surface area contributed by atoms with Crippen molar-refractivity contribution >= 4 is 21.6 Å². The monoisotopic (exact) mass is 333 g/mol. The number of benzene rings is 2.